The van der Waals surface area contributed by atoms with Crippen LogP contribution >= 0.6 is 0 Å². The third-order valence-electron chi connectivity index (χ3n) is 3.07. The summed E-state index contributed by atoms with van der Waals surface area (Å²) in [5.41, 5.74) is 0. The summed E-state index contributed by atoms with van der Waals surface area (Å²) < 4.78 is 28.3. The second kappa shape index (κ2) is 8.80. The van der Waals surface area contributed by atoms with Crippen LogP contribution in [-0.4, -0.2) is 79.1 Å². The van der Waals surface area contributed by atoms with E-state index in [-0.39, 0.29) is 25.4 Å². The number of aliphatic carboxylic acids is 1. The molecule has 20 heavy (non-hydrogen) atoms. The number of carbonyl (C=O) groups is 2. The van der Waals surface area contributed by atoms with Crippen molar-refractivity contribution in [2.45, 2.75) is 19.3 Å². The van der Waals surface area contributed by atoms with Crippen LogP contribution in [0.3, 0.4) is 0 Å². The Kier molecular flexibility index (Phi) is 7.38. The summed E-state index contributed by atoms with van der Waals surface area (Å²) >= 11 is 0. The monoisotopic (exact) mass is 294 g/mol. The molecule has 0 atom stereocenters. The van der Waals surface area contributed by atoms with Crippen molar-refractivity contribution < 1.29 is 28.2 Å². The Morgan fingerprint density at radius 1 is 1.15 bits per heavy atom. The van der Waals surface area contributed by atoms with Crippen LogP contribution in [-0.2, 0) is 14.3 Å². The topological polar surface area (TPSA) is 70.1 Å². The van der Waals surface area contributed by atoms with Crippen molar-refractivity contribution in [2.24, 2.45) is 0 Å². The molecule has 116 valence electrons. The highest BCUT2D eigenvalue weighted by Gasteiger charge is 2.21. The number of hydrogen-bond donors (Lipinski definition) is 1. The van der Waals surface area contributed by atoms with Crippen LogP contribution in [0.1, 0.15) is 12.8 Å². The number of halogens is 2. The normalized spacial score (nSPS) is 16.6. The van der Waals surface area contributed by atoms with Gasteiger partial charge >= 0.3 is 5.97 Å². The SMILES string of the molecule is O=C(O)CCN1CCN(C(=O)CCOCC(F)F)CC1. The molecule has 1 N–H and O–H groups in total. The van der Waals surface area contributed by atoms with Gasteiger partial charge in [-0.05, 0) is 0 Å². The molecule has 1 saturated heterocycles. The Balaban J connectivity index is 2.14. The number of rotatable bonds is 8. The molecule has 0 aromatic carbocycles. The zero-order valence-electron chi connectivity index (χ0n) is 11.3. The molecule has 0 saturated carbocycles. The molecule has 1 aliphatic heterocycles. The quantitative estimate of drug-likeness (QED) is 0.651. The van der Waals surface area contributed by atoms with Crippen LogP contribution in [0.5, 0.6) is 0 Å². The maximum absolute atomic E-state index is 11.8. The molecule has 6 nitrogen and oxygen atoms in total. The van der Waals surface area contributed by atoms with Crippen LogP contribution in [0.2, 0.25) is 0 Å². The molecule has 1 rings (SSSR count). The lowest BCUT2D eigenvalue weighted by Crippen LogP contribution is -2.49. The van der Waals surface area contributed by atoms with Crippen molar-refractivity contribution in [3.05, 3.63) is 0 Å². The lowest BCUT2D eigenvalue weighted by Gasteiger charge is -2.34. The zero-order valence-corrected chi connectivity index (χ0v) is 11.3. The Bertz CT molecular complexity index is 321. The second-order valence-electron chi connectivity index (χ2n) is 4.58. The Morgan fingerprint density at radius 2 is 1.80 bits per heavy atom. The van der Waals surface area contributed by atoms with Gasteiger partial charge in [0.15, 0.2) is 0 Å². The average molecular weight is 294 g/mol. The minimum Gasteiger partial charge on any atom is -0.481 e. The summed E-state index contributed by atoms with van der Waals surface area (Å²) in [5, 5.41) is 8.59. The number of piperazine rings is 1. The van der Waals surface area contributed by atoms with Gasteiger partial charge in [-0.3, -0.25) is 14.5 Å². The van der Waals surface area contributed by atoms with Gasteiger partial charge in [0, 0.05) is 32.7 Å². The largest absolute Gasteiger partial charge is 0.481 e. The molecule has 8 heteroatoms. The third-order valence-corrected chi connectivity index (χ3v) is 3.07. The fourth-order valence-electron chi connectivity index (χ4n) is 1.96. The first-order valence-corrected chi connectivity index (χ1v) is 6.57. The number of alkyl halides is 2. The van der Waals surface area contributed by atoms with E-state index in [2.05, 4.69) is 4.74 Å². The van der Waals surface area contributed by atoms with Crippen molar-refractivity contribution >= 4 is 11.9 Å². The molecular formula is C12H20F2N2O4. The van der Waals surface area contributed by atoms with E-state index in [1.807, 2.05) is 4.90 Å². The first kappa shape index (κ1) is 16.8. The second-order valence-corrected chi connectivity index (χ2v) is 4.58. The number of carboxylic acid groups (broad SMARTS) is 1. The summed E-state index contributed by atoms with van der Waals surface area (Å²) in [7, 11) is 0. The molecule has 0 spiro atoms. The lowest BCUT2D eigenvalue weighted by molar-refractivity contribution is -0.138. The number of carbonyl (C=O) groups excluding carboxylic acids is 1. The van der Waals surface area contributed by atoms with E-state index >= 15 is 0 Å². The molecule has 0 aromatic rings. The van der Waals surface area contributed by atoms with Gasteiger partial charge in [-0.2, -0.15) is 0 Å². The van der Waals surface area contributed by atoms with Gasteiger partial charge in [0.25, 0.3) is 6.43 Å². The van der Waals surface area contributed by atoms with Crippen LogP contribution in [0.4, 0.5) is 8.78 Å². The third kappa shape index (κ3) is 6.76. The Hall–Kier alpha value is -1.28. The van der Waals surface area contributed by atoms with Crippen molar-refractivity contribution in [1.29, 1.82) is 0 Å². The number of hydrogen-bond acceptors (Lipinski definition) is 4. The highest BCUT2D eigenvalue weighted by atomic mass is 19.3. The minimum absolute atomic E-state index is 0.00238. The van der Waals surface area contributed by atoms with E-state index < -0.39 is 19.0 Å². The Labute approximate surface area is 116 Å². The highest BCUT2D eigenvalue weighted by Crippen LogP contribution is 2.05. The van der Waals surface area contributed by atoms with Crippen LogP contribution in [0, 0.1) is 0 Å². The van der Waals surface area contributed by atoms with Gasteiger partial charge < -0.3 is 14.7 Å². The van der Waals surface area contributed by atoms with Gasteiger partial charge in [0.05, 0.1) is 19.4 Å². The molecule has 1 aliphatic rings. The predicted octanol–water partition coefficient (Wildman–Crippen LogP) is 0.277. The average Bonchev–Trinajstić information content (AvgIpc) is 2.41. The molecule has 1 heterocycles. The van der Waals surface area contributed by atoms with Gasteiger partial charge in [-0.15, -0.1) is 0 Å². The lowest BCUT2D eigenvalue weighted by atomic mass is 10.2. The molecule has 0 aliphatic carbocycles. The fraction of sp³-hybridized carbons (Fsp3) is 0.833. The van der Waals surface area contributed by atoms with E-state index in [1.165, 1.54) is 0 Å². The fourth-order valence-corrected chi connectivity index (χ4v) is 1.96. The summed E-state index contributed by atoms with van der Waals surface area (Å²) in [6, 6.07) is 0. The molecule has 1 fully saturated rings. The van der Waals surface area contributed by atoms with Crippen molar-refractivity contribution in [3.63, 3.8) is 0 Å². The molecule has 1 amide bonds. The van der Waals surface area contributed by atoms with E-state index in [9.17, 15) is 18.4 Å². The summed E-state index contributed by atoms with van der Waals surface area (Å²) in [6.45, 7) is 2.18. The number of amides is 1. The molecule has 0 aromatic heterocycles. The number of carboxylic acids is 1. The predicted molar refractivity (Wildman–Crippen MR) is 66.7 cm³/mol. The summed E-state index contributed by atoms with van der Waals surface area (Å²) in [6.07, 6.45) is -2.32. The van der Waals surface area contributed by atoms with E-state index in [0.717, 1.165) is 0 Å². The first-order valence-electron chi connectivity index (χ1n) is 6.57. The van der Waals surface area contributed by atoms with Gasteiger partial charge in [0.1, 0.15) is 6.61 Å². The highest BCUT2D eigenvalue weighted by molar-refractivity contribution is 5.76. The number of nitrogens with zero attached hydrogens (tertiary/aromatic N) is 2. The van der Waals surface area contributed by atoms with E-state index in [0.29, 0.717) is 32.7 Å². The molecule has 0 bridgehead atoms. The van der Waals surface area contributed by atoms with Crippen LogP contribution in [0.25, 0.3) is 0 Å². The van der Waals surface area contributed by atoms with Gasteiger partial charge in [0.2, 0.25) is 5.91 Å². The minimum atomic E-state index is -2.51. The maximum atomic E-state index is 11.8. The first-order chi connectivity index (χ1) is 9.49. The van der Waals surface area contributed by atoms with Crippen LogP contribution < -0.4 is 0 Å². The van der Waals surface area contributed by atoms with Crippen LogP contribution in [0.15, 0.2) is 0 Å². The molecular weight excluding hydrogens is 274 g/mol. The van der Waals surface area contributed by atoms with Crippen molar-refractivity contribution in [2.75, 3.05) is 45.9 Å². The van der Waals surface area contributed by atoms with E-state index in [1.54, 1.807) is 4.90 Å². The molecule has 0 unspecified atom stereocenters. The van der Waals surface area contributed by atoms with Crippen molar-refractivity contribution in [1.82, 2.24) is 9.80 Å². The maximum Gasteiger partial charge on any atom is 0.304 e. The standard InChI is InChI=1S/C12H20F2N2O4/c13-10(14)9-20-8-2-11(17)16-6-4-15(5-7-16)3-1-12(18)19/h10H,1-9H2,(H,18,19). The zero-order chi connectivity index (χ0) is 15.0. The van der Waals surface area contributed by atoms with Gasteiger partial charge in [-0.25, -0.2) is 8.78 Å². The summed E-state index contributed by atoms with van der Waals surface area (Å²) in [5.74, 6) is -0.947. The number of ether oxygens (including phenoxy) is 1. The van der Waals surface area contributed by atoms with Gasteiger partial charge in [-0.1, -0.05) is 0 Å². The van der Waals surface area contributed by atoms with Crippen molar-refractivity contribution in [3.8, 4) is 0 Å². The van der Waals surface area contributed by atoms with E-state index in [4.69, 9.17) is 5.11 Å². The Morgan fingerprint density at radius 3 is 2.35 bits per heavy atom. The smallest absolute Gasteiger partial charge is 0.304 e. The molecule has 0 radical (unpaired) electrons. The summed E-state index contributed by atoms with van der Waals surface area (Å²) in [4.78, 5) is 25.9.